The summed E-state index contributed by atoms with van der Waals surface area (Å²) in [5.41, 5.74) is 7.98. The van der Waals surface area contributed by atoms with Crippen molar-refractivity contribution in [2.45, 2.75) is 45.1 Å². The van der Waals surface area contributed by atoms with E-state index in [1.165, 1.54) is 5.56 Å². The van der Waals surface area contributed by atoms with Crippen LogP contribution in [0.3, 0.4) is 0 Å². The smallest absolute Gasteiger partial charge is 0.320 e. The zero-order chi connectivity index (χ0) is 20.6. The number of piperidine rings is 2. The Morgan fingerprint density at radius 1 is 1.03 bits per heavy atom. The van der Waals surface area contributed by atoms with Gasteiger partial charge in [0, 0.05) is 37.9 Å². The molecule has 2 saturated heterocycles. The van der Waals surface area contributed by atoms with Gasteiger partial charge in [-0.3, -0.25) is 4.79 Å². The number of anilines is 1. The van der Waals surface area contributed by atoms with Crippen molar-refractivity contribution in [3.05, 3.63) is 29.8 Å². The highest BCUT2D eigenvalue weighted by Gasteiger charge is 2.31. The van der Waals surface area contributed by atoms with Crippen molar-refractivity contribution < 1.29 is 14.3 Å². The second-order valence-corrected chi connectivity index (χ2v) is 7.94. The Balaban J connectivity index is 1.41. The minimum atomic E-state index is -0.123. The third-order valence-corrected chi connectivity index (χ3v) is 5.91. The Hall–Kier alpha value is -2.28. The number of likely N-dealkylation sites (tertiary alicyclic amines) is 2. The molecular formula is C22H34N4O3. The van der Waals surface area contributed by atoms with Crippen LogP contribution < -0.4 is 11.1 Å². The van der Waals surface area contributed by atoms with Crippen molar-refractivity contribution >= 4 is 17.7 Å². The lowest BCUT2D eigenvalue weighted by Gasteiger charge is -2.38. The summed E-state index contributed by atoms with van der Waals surface area (Å²) in [6.45, 7) is 5.70. The number of nitrogens with one attached hydrogen (secondary N) is 1. The van der Waals surface area contributed by atoms with E-state index in [1.807, 2.05) is 16.7 Å². The van der Waals surface area contributed by atoms with Gasteiger partial charge < -0.3 is 25.6 Å². The number of nitrogens with zero attached hydrogens (tertiary/aromatic N) is 2. The molecule has 0 unspecified atom stereocenters. The number of carbonyl (C=O) groups is 2. The Kier molecular flexibility index (Phi) is 7.75. The number of ether oxygens (including phenoxy) is 1. The standard InChI is InChI=1S/C22H34N4O3/c1-2-29-21(27)18-8-13-25(14-9-18)22(28)26-15-10-20(11-16-26)24-19-5-3-17(4-6-19)7-12-23/h3-6,18,20,24H,2,7-16,23H2,1H3. The minimum Gasteiger partial charge on any atom is -0.466 e. The topological polar surface area (TPSA) is 87.9 Å². The molecule has 3 N–H and O–H groups in total. The van der Waals surface area contributed by atoms with Crippen LogP contribution in [0.1, 0.15) is 38.2 Å². The maximum absolute atomic E-state index is 12.8. The van der Waals surface area contributed by atoms with Crippen LogP contribution in [0.5, 0.6) is 0 Å². The van der Waals surface area contributed by atoms with Crippen molar-refractivity contribution in [1.82, 2.24) is 9.80 Å². The second-order valence-electron chi connectivity index (χ2n) is 7.94. The number of hydrogen-bond donors (Lipinski definition) is 2. The summed E-state index contributed by atoms with van der Waals surface area (Å²) in [6.07, 6.45) is 4.18. The first-order chi connectivity index (χ1) is 14.1. The minimum absolute atomic E-state index is 0.0647. The van der Waals surface area contributed by atoms with Gasteiger partial charge in [-0.25, -0.2) is 4.79 Å². The van der Waals surface area contributed by atoms with E-state index in [-0.39, 0.29) is 17.9 Å². The first kappa shape index (κ1) is 21.4. The van der Waals surface area contributed by atoms with E-state index in [4.69, 9.17) is 10.5 Å². The van der Waals surface area contributed by atoms with Gasteiger partial charge in [0.1, 0.15) is 0 Å². The summed E-state index contributed by atoms with van der Waals surface area (Å²) >= 11 is 0. The quantitative estimate of drug-likeness (QED) is 0.714. The molecule has 0 radical (unpaired) electrons. The third kappa shape index (κ3) is 5.85. The molecule has 2 heterocycles. The number of urea groups is 1. The first-order valence-corrected chi connectivity index (χ1v) is 10.9. The number of amides is 2. The largest absolute Gasteiger partial charge is 0.466 e. The van der Waals surface area contributed by atoms with E-state index in [0.29, 0.717) is 45.1 Å². The monoisotopic (exact) mass is 402 g/mol. The van der Waals surface area contributed by atoms with Crippen LogP contribution in [0, 0.1) is 5.92 Å². The highest BCUT2D eigenvalue weighted by molar-refractivity contribution is 5.76. The predicted molar refractivity (Wildman–Crippen MR) is 114 cm³/mol. The molecule has 7 nitrogen and oxygen atoms in total. The second kappa shape index (κ2) is 10.5. The first-order valence-electron chi connectivity index (χ1n) is 10.9. The van der Waals surface area contributed by atoms with Crippen LogP contribution >= 0.6 is 0 Å². The molecule has 0 aromatic heterocycles. The van der Waals surface area contributed by atoms with E-state index >= 15 is 0 Å². The lowest BCUT2D eigenvalue weighted by Crippen LogP contribution is -2.51. The van der Waals surface area contributed by atoms with Gasteiger partial charge in [-0.2, -0.15) is 0 Å². The lowest BCUT2D eigenvalue weighted by atomic mass is 9.97. The van der Waals surface area contributed by atoms with Crippen LogP contribution in [0.2, 0.25) is 0 Å². The number of esters is 1. The average Bonchev–Trinajstić information content (AvgIpc) is 2.76. The van der Waals surface area contributed by atoms with Crippen molar-refractivity contribution in [2.24, 2.45) is 11.7 Å². The van der Waals surface area contributed by atoms with Gasteiger partial charge in [0.05, 0.1) is 12.5 Å². The van der Waals surface area contributed by atoms with Crippen LogP contribution in [0.4, 0.5) is 10.5 Å². The molecule has 2 amide bonds. The van der Waals surface area contributed by atoms with E-state index in [0.717, 1.165) is 38.0 Å². The number of nitrogens with two attached hydrogens (primary N) is 1. The van der Waals surface area contributed by atoms with Gasteiger partial charge in [0.25, 0.3) is 0 Å². The molecule has 160 valence electrons. The number of carbonyl (C=O) groups excluding carboxylic acids is 2. The van der Waals surface area contributed by atoms with Crippen LogP contribution in [0.15, 0.2) is 24.3 Å². The molecule has 0 atom stereocenters. The molecule has 2 aliphatic rings. The highest BCUT2D eigenvalue weighted by Crippen LogP contribution is 2.22. The number of hydrogen-bond acceptors (Lipinski definition) is 5. The highest BCUT2D eigenvalue weighted by atomic mass is 16.5. The predicted octanol–water partition coefficient (Wildman–Crippen LogP) is 2.46. The van der Waals surface area contributed by atoms with Crippen LogP contribution in [-0.2, 0) is 16.0 Å². The molecule has 3 rings (SSSR count). The fourth-order valence-corrected chi connectivity index (χ4v) is 4.15. The van der Waals surface area contributed by atoms with E-state index in [1.54, 1.807) is 0 Å². The summed E-state index contributed by atoms with van der Waals surface area (Å²) < 4.78 is 5.11. The Bertz CT molecular complexity index is 663. The van der Waals surface area contributed by atoms with E-state index < -0.39 is 0 Å². The SMILES string of the molecule is CCOC(=O)C1CCN(C(=O)N2CCC(Nc3ccc(CCN)cc3)CC2)CC1. The average molecular weight is 403 g/mol. The molecule has 2 fully saturated rings. The van der Waals surface area contributed by atoms with Gasteiger partial charge in [0.15, 0.2) is 0 Å². The molecule has 7 heteroatoms. The molecule has 1 aromatic rings. The molecule has 0 saturated carbocycles. The van der Waals surface area contributed by atoms with Crippen molar-refractivity contribution in [2.75, 3.05) is 44.6 Å². The summed E-state index contributed by atoms with van der Waals surface area (Å²) in [5, 5.41) is 3.59. The summed E-state index contributed by atoms with van der Waals surface area (Å²) in [6, 6.07) is 8.94. The van der Waals surface area contributed by atoms with E-state index in [2.05, 4.69) is 29.6 Å². The van der Waals surface area contributed by atoms with Crippen molar-refractivity contribution in [3.63, 3.8) is 0 Å². The molecule has 0 bridgehead atoms. The van der Waals surface area contributed by atoms with E-state index in [9.17, 15) is 9.59 Å². The van der Waals surface area contributed by atoms with Gasteiger partial charge in [-0.15, -0.1) is 0 Å². The maximum Gasteiger partial charge on any atom is 0.320 e. The Labute approximate surface area is 173 Å². The van der Waals surface area contributed by atoms with Crippen LogP contribution in [-0.4, -0.2) is 67.2 Å². The fourth-order valence-electron chi connectivity index (χ4n) is 4.15. The Morgan fingerprint density at radius 3 is 2.17 bits per heavy atom. The molecule has 2 aliphatic heterocycles. The molecule has 29 heavy (non-hydrogen) atoms. The maximum atomic E-state index is 12.8. The number of rotatable bonds is 6. The lowest BCUT2D eigenvalue weighted by molar-refractivity contribution is -0.149. The summed E-state index contributed by atoms with van der Waals surface area (Å²) in [7, 11) is 0. The van der Waals surface area contributed by atoms with Gasteiger partial charge >= 0.3 is 12.0 Å². The van der Waals surface area contributed by atoms with Crippen molar-refractivity contribution in [3.8, 4) is 0 Å². The summed E-state index contributed by atoms with van der Waals surface area (Å²) in [5.74, 6) is -0.187. The summed E-state index contributed by atoms with van der Waals surface area (Å²) in [4.78, 5) is 28.5. The molecular weight excluding hydrogens is 368 g/mol. The Morgan fingerprint density at radius 2 is 1.62 bits per heavy atom. The van der Waals surface area contributed by atoms with Gasteiger partial charge in [-0.1, -0.05) is 12.1 Å². The molecule has 0 aliphatic carbocycles. The fraction of sp³-hybridized carbons (Fsp3) is 0.636. The molecule has 1 aromatic carbocycles. The van der Waals surface area contributed by atoms with Gasteiger partial charge in [0.2, 0.25) is 0 Å². The zero-order valence-corrected chi connectivity index (χ0v) is 17.4. The zero-order valence-electron chi connectivity index (χ0n) is 17.4. The third-order valence-electron chi connectivity index (χ3n) is 5.91. The van der Waals surface area contributed by atoms with Crippen molar-refractivity contribution in [1.29, 1.82) is 0 Å². The van der Waals surface area contributed by atoms with Gasteiger partial charge in [-0.05, 0) is 63.3 Å². The molecule has 0 spiro atoms. The number of benzene rings is 1. The van der Waals surface area contributed by atoms with Crippen LogP contribution in [0.25, 0.3) is 0 Å². The normalized spacial score (nSPS) is 18.6.